The van der Waals surface area contributed by atoms with E-state index >= 15 is 0 Å². The zero-order valence-electron chi connectivity index (χ0n) is 15.8. The maximum Gasteiger partial charge on any atom is 0.412 e. The van der Waals surface area contributed by atoms with Gasteiger partial charge in [-0.05, 0) is 52.9 Å². The average molecular weight is 526 g/mol. The molecule has 0 spiro atoms. The van der Waals surface area contributed by atoms with Crippen molar-refractivity contribution in [2.24, 2.45) is 5.92 Å². The lowest BCUT2D eigenvalue weighted by Gasteiger charge is -2.23. The molecule has 3 rings (SSSR count). The lowest BCUT2D eigenvalue weighted by atomic mass is 9.96. The molecule has 2 aromatic carbocycles. The quantitative estimate of drug-likeness (QED) is 0.196. The van der Waals surface area contributed by atoms with Crippen molar-refractivity contribution in [2.45, 2.75) is 13.0 Å². The van der Waals surface area contributed by atoms with Crippen molar-refractivity contribution in [1.82, 2.24) is 5.48 Å². The summed E-state index contributed by atoms with van der Waals surface area (Å²) in [4.78, 5) is 23.9. The Balaban J connectivity index is 1.80. The Morgan fingerprint density at radius 1 is 1.20 bits per heavy atom. The van der Waals surface area contributed by atoms with Crippen molar-refractivity contribution in [3.63, 3.8) is 0 Å². The highest BCUT2D eigenvalue weighted by Crippen LogP contribution is 2.36. The minimum absolute atomic E-state index is 0.0526. The molecule has 9 nitrogen and oxygen atoms in total. The van der Waals surface area contributed by atoms with Gasteiger partial charge in [-0.3, -0.25) is 15.3 Å². The molecule has 0 aromatic heterocycles. The van der Waals surface area contributed by atoms with Crippen LogP contribution < -0.4 is 20.3 Å². The first kappa shape index (κ1) is 21.7. The normalized spacial score (nSPS) is 14.2. The number of phenolic OH excluding ortho intramolecular Hbond substituents is 1. The van der Waals surface area contributed by atoms with Gasteiger partial charge in [-0.25, -0.2) is 10.3 Å². The number of amides is 2. The van der Waals surface area contributed by atoms with Gasteiger partial charge >= 0.3 is 6.09 Å². The fraction of sp³-hybridized carbons (Fsp3) is 0.200. The van der Waals surface area contributed by atoms with Crippen molar-refractivity contribution in [2.75, 3.05) is 12.1 Å². The predicted octanol–water partition coefficient (Wildman–Crippen LogP) is 3.71. The molecule has 10 heteroatoms. The van der Waals surface area contributed by atoms with Gasteiger partial charge in [-0.2, -0.15) is 0 Å². The largest absolute Gasteiger partial charge is 0.508 e. The van der Waals surface area contributed by atoms with Gasteiger partial charge in [0.05, 0.1) is 0 Å². The number of hydroxylamine groups is 1. The Labute approximate surface area is 185 Å². The number of fused-ring (bicyclic) bond motifs is 1. The number of carbonyl (C=O) groups is 2. The fourth-order valence-electron chi connectivity index (χ4n) is 2.82. The van der Waals surface area contributed by atoms with Crippen molar-refractivity contribution < 1.29 is 34.1 Å². The summed E-state index contributed by atoms with van der Waals surface area (Å²) in [7, 11) is 0. The fourth-order valence-corrected chi connectivity index (χ4v) is 3.34. The van der Waals surface area contributed by atoms with E-state index in [1.807, 2.05) is 0 Å². The van der Waals surface area contributed by atoms with Crippen LogP contribution in [0, 0.1) is 9.49 Å². The second-order valence-corrected chi connectivity index (χ2v) is 7.66. The molecule has 30 heavy (non-hydrogen) atoms. The van der Waals surface area contributed by atoms with Crippen LogP contribution >= 0.6 is 22.6 Å². The topological polar surface area (TPSA) is 126 Å². The van der Waals surface area contributed by atoms with Gasteiger partial charge in [-0.1, -0.05) is 13.0 Å². The molecule has 0 saturated heterocycles. The maximum absolute atomic E-state index is 12.6. The summed E-state index contributed by atoms with van der Waals surface area (Å²) in [5.41, 5.74) is 2.32. The van der Waals surface area contributed by atoms with E-state index in [0.717, 1.165) is 9.65 Å². The van der Waals surface area contributed by atoms with E-state index in [9.17, 15) is 14.7 Å². The number of hydrogen-bond acceptors (Lipinski definition) is 7. The molecule has 1 aliphatic rings. The average Bonchev–Trinajstić information content (AvgIpc) is 3.19. The number of anilines is 1. The highest BCUT2D eigenvalue weighted by atomic mass is 127. The standard InChI is InChI=1S/C20H19IN2O7/c1-11(2-7-18(25)23-27)19(14-8-12(21)3-5-15(14)24)30-20(26)22-13-4-6-16-17(9-13)29-10-28-16/h2-9,11,19,24,27H,10H2,1H3,(H,22,26)(H,23,25)/b7-2+/t11-,19+/m1/s1. The van der Waals surface area contributed by atoms with Crippen LogP contribution in [0.25, 0.3) is 0 Å². The van der Waals surface area contributed by atoms with E-state index in [-0.39, 0.29) is 12.5 Å². The third-order valence-electron chi connectivity index (χ3n) is 4.29. The number of phenols is 1. The molecule has 0 radical (unpaired) electrons. The number of hydrogen-bond donors (Lipinski definition) is 4. The number of nitrogens with one attached hydrogen (secondary N) is 2. The monoisotopic (exact) mass is 526 g/mol. The SMILES string of the molecule is C[C@H](/C=C/C(=O)NO)[C@H](OC(=O)Nc1ccc2c(c1)OCO2)c1cc(I)ccc1O. The number of halogens is 1. The molecule has 2 aromatic rings. The first-order valence-corrected chi connectivity index (χ1v) is 9.93. The highest BCUT2D eigenvalue weighted by molar-refractivity contribution is 14.1. The van der Waals surface area contributed by atoms with E-state index in [1.54, 1.807) is 37.3 Å². The van der Waals surface area contributed by atoms with Crippen LogP contribution in [-0.4, -0.2) is 29.1 Å². The van der Waals surface area contributed by atoms with E-state index in [4.69, 9.17) is 19.4 Å². The van der Waals surface area contributed by atoms with Crippen LogP contribution in [0.2, 0.25) is 0 Å². The Morgan fingerprint density at radius 3 is 2.73 bits per heavy atom. The summed E-state index contributed by atoms with van der Waals surface area (Å²) >= 11 is 2.08. The van der Waals surface area contributed by atoms with Crippen molar-refractivity contribution in [3.05, 3.63) is 57.7 Å². The van der Waals surface area contributed by atoms with Crippen LogP contribution in [0.4, 0.5) is 10.5 Å². The third-order valence-corrected chi connectivity index (χ3v) is 4.96. The van der Waals surface area contributed by atoms with Crippen LogP contribution in [0.5, 0.6) is 17.2 Å². The molecule has 158 valence electrons. The van der Waals surface area contributed by atoms with Gasteiger partial charge < -0.3 is 19.3 Å². The Kier molecular flexibility index (Phi) is 7.00. The Morgan fingerprint density at radius 2 is 1.97 bits per heavy atom. The van der Waals surface area contributed by atoms with Crippen molar-refractivity contribution in [1.29, 1.82) is 0 Å². The van der Waals surface area contributed by atoms with Crippen LogP contribution in [0.1, 0.15) is 18.6 Å². The van der Waals surface area contributed by atoms with Gasteiger partial charge in [0.25, 0.3) is 5.91 Å². The Bertz CT molecular complexity index is 980. The number of rotatable bonds is 6. The van der Waals surface area contributed by atoms with Gasteiger partial charge in [0, 0.05) is 32.9 Å². The van der Waals surface area contributed by atoms with E-state index < -0.39 is 24.0 Å². The van der Waals surface area contributed by atoms with Crippen molar-refractivity contribution in [3.8, 4) is 17.2 Å². The molecule has 0 fully saturated rings. The summed E-state index contributed by atoms with van der Waals surface area (Å²) in [5, 5.41) is 21.6. The van der Waals surface area contributed by atoms with E-state index in [0.29, 0.717) is 22.7 Å². The zero-order valence-corrected chi connectivity index (χ0v) is 18.0. The van der Waals surface area contributed by atoms with E-state index in [2.05, 4.69) is 27.9 Å². The molecule has 1 aliphatic heterocycles. The summed E-state index contributed by atoms with van der Waals surface area (Å²) < 4.78 is 16.9. The third kappa shape index (κ3) is 5.33. The minimum atomic E-state index is -0.906. The zero-order chi connectivity index (χ0) is 21.7. The molecule has 4 N–H and O–H groups in total. The van der Waals surface area contributed by atoms with Gasteiger partial charge in [0.1, 0.15) is 11.9 Å². The summed E-state index contributed by atoms with van der Waals surface area (Å²) in [6.07, 6.45) is 0.908. The van der Waals surface area contributed by atoms with Crippen LogP contribution in [0.3, 0.4) is 0 Å². The van der Waals surface area contributed by atoms with Gasteiger partial charge in [0.2, 0.25) is 6.79 Å². The van der Waals surface area contributed by atoms with E-state index in [1.165, 1.54) is 17.6 Å². The first-order valence-electron chi connectivity index (χ1n) is 8.85. The molecular weight excluding hydrogens is 507 g/mol. The molecule has 2 atom stereocenters. The van der Waals surface area contributed by atoms with Gasteiger partial charge in [0.15, 0.2) is 11.5 Å². The summed E-state index contributed by atoms with van der Waals surface area (Å²) in [6, 6.07) is 9.81. The molecule has 0 bridgehead atoms. The Hall–Kier alpha value is -2.99. The predicted molar refractivity (Wildman–Crippen MR) is 114 cm³/mol. The second-order valence-electron chi connectivity index (χ2n) is 6.42. The highest BCUT2D eigenvalue weighted by Gasteiger charge is 2.26. The van der Waals surface area contributed by atoms with Crippen molar-refractivity contribution >= 4 is 40.3 Å². The number of carbonyl (C=O) groups excluding carboxylic acids is 2. The molecular formula is C20H19IN2O7. The maximum atomic E-state index is 12.6. The van der Waals surface area contributed by atoms with Crippen LogP contribution in [-0.2, 0) is 9.53 Å². The minimum Gasteiger partial charge on any atom is -0.508 e. The molecule has 0 unspecified atom stereocenters. The molecule has 2 amide bonds. The number of ether oxygens (including phenoxy) is 3. The lowest BCUT2D eigenvalue weighted by molar-refractivity contribution is -0.124. The molecule has 1 heterocycles. The van der Waals surface area contributed by atoms with Crippen LogP contribution in [0.15, 0.2) is 48.6 Å². The lowest BCUT2D eigenvalue weighted by Crippen LogP contribution is -2.22. The number of benzene rings is 2. The molecule has 0 saturated carbocycles. The summed E-state index contributed by atoms with van der Waals surface area (Å²) in [5.74, 6) is -0.197. The number of aromatic hydroxyl groups is 1. The smallest absolute Gasteiger partial charge is 0.412 e. The molecule has 0 aliphatic carbocycles. The summed E-state index contributed by atoms with van der Waals surface area (Å²) in [6.45, 7) is 1.82. The second kappa shape index (κ2) is 9.67. The van der Waals surface area contributed by atoms with Gasteiger partial charge in [-0.15, -0.1) is 0 Å². The first-order chi connectivity index (χ1) is 14.4.